The molecule has 1 aliphatic rings. The summed E-state index contributed by atoms with van der Waals surface area (Å²) in [5.41, 5.74) is 3.16. The summed E-state index contributed by atoms with van der Waals surface area (Å²) in [5, 5.41) is 11.9. The van der Waals surface area contributed by atoms with Gasteiger partial charge in [-0.25, -0.2) is 0 Å². The van der Waals surface area contributed by atoms with Crippen LogP contribution >= 0.6 is 11.3 Å². The molecule has 1 aromatic heterocycles. The van der Waals surface area contributed by atoms with Gasteiger partial charge in [0.05, 0.1) is 0 Å². The van der Waals surface area contributed by atoms with Crippen molar-refractivity contribution in [1.29, 1.82) is 0 Å². The van der Waals surface area contributed by atoms with Crippen LogP contribution in [0.1, 0.15) is 33.7 Å². The van der Waals surface area contributed by atoms with Crippen molar-refractivity contribution in [3.05, 3.63) is 70.2 Å². The number of hydrogen-bond acceptors (Lipinski definition) is 6. The number of anilines is 2. The molecule has 2 aromatic carbocycles. The average molecular weight is 450 g/mol. The number of aromatic nitrogens is 2. The molecule has 166 valence electrons. The molecule has 7 nitrogen and oxygen atoms in total. The maximum Gasteiger partial charge on any atom is 0.286 e. The van der Waals surface area contributed by atoms with Crippen LogP contribution in [0.3, 0.4) is 0 Å². The number of carbonyl (C=O) groups excluding carboxylic acids is 2. The van der Waals surface area contributed by atoms with Gasteiger partial charge < -0.3 is 15.1 Å². The molecule has 0 bridgehead atoms. The maximum atomic E-state index is 12.8. The lowest BCUT2D eigenvalue weighted by Gasteiger charge is -2.41. The Morgan fingerprint density at radius 2 is 1.91 bits per heavy atom. The highest BCUT2D eigenvalue weighted by Gasteiger charge is 2.27. The number of aryl methyl sites for hydroxylation is 2. The second-order valence-electron chi connectivity index (χ2n) is 8.04. The summed E-state index contributed by atoms with van der Waals surface area (Å²) in [6.45, 7) is 6.48. The SMILES string of the molecule is Cc1cccc(N2CCN(C(=O)CCc3nnc(C(=O)Nc4ccccc4)s3)C[C@H]2C)c1. The van der Waals surface area contributed by atoms with Crippen LogP contribution < -0.4 is 10.2 Å². The summed E-state index contributed by atoms with van der Waals surface area (Å²) < 4.78 is 0. The first kappa shape index (κ1) is 22.0. The fraction of sp³-hybridized carbons (Fsp3) is 0.333. The number of nitrogens with one attached hydrogen (secondary N) is 1. The number of nitrogens with zero attached hydrogens (tertiary/aromatic N) is 4. The standard InChI is InChI=1S/C24H27N5O2S/c1-17-7-6-10-20(15-17)29-14-13-28(16-18(29)2)22(30)12-11-21-26-27-24(32-21)23(31)25-19-8-4-3-5-9-19/h3-10,15,18H,11-14,16H2,1-2H3,(H,25,31)/t18-/m1/s1. The summed E-state index contributed by atoms with van der Waals surface area (Å²) in [4.78, 5) is 29.4. The Morgan fingerprint density at radius 1 is 1.09 bits per heavy atom. The number of rotatable bonds is 6. The quantitative estimate of drug-likeness (QED) is 0.620. The molecule has 0 radical (unpaired) electrons. The fourth-order valence-corrected chi connectivity index (χ4v) is 4.63. The normalized spacial score (nSPS) is 16.1. The van der Waals surface area contributed by atoms with Crippen LogP contribution in [0.15, 0.2) is 54.6 Å². The van der Waals surface area contributed by atoms with Gasteiger partial charge in [0, 0.05) is 49.9 Å². The summed E-state index contributed by atoms with van der Waals surface area (Å²) >= 11 is 1.24. The Hall–Kier alpha value is -3.26. The van der Waals surface area contributed by atoms with E-state index in [2.05, 4.69) is 58.5 Å². The second-order valence-corrected chi connectivity index (χ2v) is 9.10. The van der Waals surface area contributed by atoms with Crippen molar-refractivity contribution >= 4 is 34.5 Å². The third kappa shape index (κ3) is 5.31. The zero-order chi connectivity index (χ0) is 22.5. The molecule has 1 fully saturated rings. The minimum absolute atomic E-state index is 0.117. The third-order valence-electron chi connectivity index (χ3n) is 5.56. The van der Waals surface area contributed by atoms with Gasteiger partial charge >= 0.3 is 0 Å². The van der Waals surface area contributed by atoms with Crippen molar-refractivity contribution in [2.75, 3.05) is 29.9 Å². The zero-order valence-corrected chi connectivity index (χ0v) is 19.1. The van der Waals surface area contributed by atoms with Crippen LogP contribution in [-0.2, 0) is 11.2 Å². The van der Waals surface area contributed by atoms with E-state index in [4.69, 9.17) is 0 Å². The molecule has 2 heterocycles. The Bertz CT molecular complexity index is 1080. The Kier molecular flexibility index (Phi) is 6.80. The van der Waals surface area contributed by atoms with E-state index in [0.717, 1.165) is 6.54 Å². The lowest BCUT2D eigenvalue weighted by molar-refractivity contribution is -0.131. The average Bonchev–Trinajstić information content (AvgIpc) is 3.27. The fourth-order valence-electron chi connectivity index (χ4n) is 3.90. The number of para-hydroxylation sites is 1. The van der Waals surface area contributed by atoms with Gasteiger partial charge in [0.15, 0.2) is 0 Å². The Labute approximate surface area is 192 Å². The Balaban J connectivity index is 1.28. The van der Waals surface area contributed by atoms with Crippen molar-refractivity contribution < 1.29 is 9.59 Å². The van der Waals surface area contributed by atoms with E-state index in [-0.39, 0.29) is 17.9 Å². The van der Waals surface area contributed by atoms with Gasteiger partial charge in [-0.15, -0.1) is 10.2 Å². The second kappa shape index (κ2) is 9.91. The van der Waals surface area contributed by atoms with Crippen molar-refractivity contribution in [1.82, 2.24) is 15.1 Å². The first-order valence-corrected chi connectivity index (χ1v) is 11.6. The molecule has 0 spiro atoms. The van der Waals surface area contributed by atoms with Crippen LogP contribution in [-0.4, -0.2) is 52.6 Å². The predicted octanol–water partition coefficient (Wildman–Crippen LogP) is 3.77. The van der Waals surface area contributed by atoms with Crippen molar-refractivity contribution in [2.24, 2.45) is 0 Å². The van der Waals surface area contributed by atoms with E-state index in [9.17, 15) is 9.59 Å². The van der Waals surface area contributed by atoms with Gasteiger partial charge in [-0.2, -0.15) is 0 Å². The summed E-state index contributed by atoms with van der Waals surface area (Å²) in [5.74, 6) is -0.168. The van der Waals surface area contributed by atoms with Gasteiger partial charge in [-0.1, -0.05) is 41.7 Å². The first-order chi connectivity index (χ1) is 15.5. The number of benzene rings is 2. The molecule has 0 unspecified atom stereocenters. The summed E-state index contributed by atoms with van der Waals surface area (Å²) in [7, 11) is 0. The van der Waals surface area contributed by atoms with Gasteiger partial charge in [0.2, 0.25) is 10.9 Å². The van der Waals surface area contributed by atoms with Gasteiger partial charge in [-0.3, -0.25) is 9.59 Å². The van der Waals surface area contributed by atoms with E-state index in [1.165, 1.54) is 22.6 Å². The topological polar surface area (TPSA) is 78.4 Å². The minimum atomic E-state index is -0.285. The minimum Gasteiger partial charge on any atom is -0.365 e. The number of hydrogen-bond donors (Lipinski definition) is 1. The molecule has 1 aliphatic heterocycles. The highest BCUT2D eigenvalue weighted by atomic mass is 32.1. The molecule has 32 heavy (non-hydrogen) atoms. The number of piperazine rings is 1. The van der Waals surface area contributed by atoms with Gasteiger partial charge in [0.1, 0.15) is 5.01 Å². The lowest BCUT2D eigenvalue weighted by Crippen LogP contribution is -2.53. The summed E-state index contributed by atoms with van der Waals surface area (Å²) in [6, 6.07) is 18.0. The van der Waals surface area contributed by atoms with Crippen LogP contribution in [0.4, 0.5) is 11.4 Å². The van der Waals surface area contributed by atoms with Crippen LogP contribution in [0.25, 0.3) is 0 Å². The molecule has 4 rings (SSSR count). The molecule has 3 aromatic rings. The van der Waals surface area contributed by atoms with E-state index in [1.807, 2.05) is 35.2 Å². The highest BCUT2D eigenvalue weighted by Crippen LogP contribution is 2.22. The lowest BCUT2D eigenvalue weighted by atomic mass is 10.1. The third-order valence-corrected chi connectivity index (χ3v) is 6.54. The first-order valence-electron chi connectivity index (χ1n) is 10.8. The zero-order valence-electron chi connectivity index (χ0n) is 18.3. The molecule has 0 aliphatic carbocycles. The Morgan fingerprint density at radius 3 is 2.66 bits per heavy atom. The largest absolute Gasteiger partial charge is 0.365 e. The van der Waals surface area contributed by atoms with Crippen LogP contribution in [0.5, 0.6) is 0 Å². The molecule has 1 N–H and O–H groups in total. The van der Waals surface area contributed by atoms with Crippen LogP contribution in [0.2, 0.25) is 0 Å². The van der Waals surface area contributed by atoms with E-state index >= 15 is 0 Å². The highest BCUT2D eigenvalue weighted by molar-refractivity contribution is 7.13. The van der Waals surface area contributed by atoms with Crippen molar-refractivity contribution in [3.63, 3.8) is 0 Å². The van der Waals surface area contributed by atoms with Gasteiger partial charge in [-0.05, 0) is 43.7 Å². The molecular weight excluding hydrogens is 422 g/mol. The molecule has 0 saturated carbocycles. The van der Waals surface area contributed by atoms with E-state index in [1.54, 1.807) is 0 Å². The molecule has 8 heteroatoms. The van der Waals surface area contributed by atoms with E-state index in [0.29, 0.717) is 41.6 Å². The number of amides is 2. The molecular formula is C24H27N5O2S. The summed E-state index contributed by atoms with van der Waals surface area (Å²) in [6.07, 6.45) is 0.855. The van der Waals surface area contributed by atoms with Crippen molar-refractivity contribution in [2.45, 2.75) is 32.7 Å². The smallest absolute Gasteiger partial charge is 0.286 e. The van der Waals surface area contributed by atoms with Crippen LogP contribution in [0, 0.1) is 6.92 Å². The molecule has 1 saturated heterocycles. The monoisotopic (exact) mass is 449 g/mol. The molecule has 2 amide bonds. The van der Waals surface area contributed by atoms with E-state index < -0.39 is 0 Å². The predicted molar refractivity (Wildman–Crippen MR) is 127 cm³/mol. The number of carbonyl (C=O) groups is 2. The van der Waals surface area contributed by atoms with Crippen molar-refractivity contribution in [3.8, 4) is 0 Å². The molecule has 1 atom stereocenters. The maximum absolute atomic E-state index is 12.8. The van der Waals surface area contributed by atoms with Gasteiger partial charge in [0.25, 0.3) is 5.91 Å².